The predicted octanol–water partition coefficient (Wildman–Crippen LogP) is 3.02. The maximum atomic E-state index is 11.6. The molecule has 1 aromatic heterocycles. The van der Waals surface area contributed by atoms with Gasteiger partial charge in [-0.2, -0.15) is 10.2 Å². The summed E-state index contributed by atoms with van der Waals surface area (Å²) in [6.07, 6.45) is 9.61. The number of rotatable bonds is 7. The molecule has 3 nitrogen and oxygen atoms in total. The van der Waals surface area contributed by atoms with Crippen molar-refractivity contribution in [2.24, 2.45) is 0 Å². The van der Waals surface area contributed by atoms with Gasteiger partial charge < -0.3 is 0 Å². The number of ketones is 1. The first kappa shape index (κ1) is 11.8. The van der Waals surface area contributed by atoms with Crippen LogP contribution in [-0.2, 0) is 0 Å². The van der Waals surface area contributed by atoms with Crippen LogP contribution in [0.1, 0.15) is 55.8 Å². The SMILES string of the molecule is CCCCCCCC(=O)c1ccnnc1. The van der Waals surface area contributed by atoms with Crippen molar-refractivity contribution in [1.29, 1.82) is 0 Å². The highest BCUT2D eigenvalue weighted by atomic mass is 16.1. The molecule has 0 aliphatic heterocycles. The molecular formula is C12H18N2O. The van der Waals surface area contributed by atoms with E-state index in [1.165, 1.54) is 25.5 Å². The van der Waals surface area contributed by atoms with Crippen molar-refractivity contribution in [3.8, 4) is 0 Å². The van der Waals surface area contributed by atoms with Gasteiger partial charge in [0.2, 0.25) is 0 Å². The van der Waals surface area contributed by atoms with E-state index in [0.717, 1.165) is 12.8 Å². The summed E-state index contributed by atoms with van der Waals surface area (Å²) in [5.74, 6) is 0.182. The number of hydrogen-bond donors (Lipinski definition) is 0. The molecule has 82 valence electrons. The molecule has 0 aromatic carbocycles. The lowest BCUT2D eigenvalue weighted by Crippen LogP contribution is -1.99. The van der Waals surface area contributed by atoms with Crippen molar-refractivity contribution in [3.63, 3.8) is 0 Å². The zero-order valence-electron chi connectivity index (χ0n) is 9.28. The molecule has 0 spiro atoms. The molecule has 0 aliphatic rings. The number of unbranched alkanes of at least 4 members (excludes halogenated alkanes) is 4. The topological polar surface area (TPSA) is 42.9 Å². The Balaban J connectivity index is 2.20. The van der Waals surface area contributed by atoms with Crippen molar-refractivity contribution < 1.29 is 4.79 Å². The first-order valence-electron chi connectivity index (χ1n) is 5.64. The van der Waals surface area contributed by atoms with Crippen molar-refractivity contribution in [2.45, 2.75) is 45.4 Å². The smallest absolute Gasteiger partial charge is 0.164 e. The second kappa shape index (κ2) is 7.10. The number of carbonyl (C=O) groups is 1. The molecule has 15 heavy (non-hydrogen) atoms. The molecule has 1 rings (SSSR count). The minimum atomic E-state index is 0.182. The van der Waals surface area contributed by atoms with Crippen molar-refractivity contribution >= 4 is 5.78 Å². The number of carbonyl (C=O) groups excluding carboxylic acids is 1. The maximum absolute atomic E-state index is 11.6. The first-order chi connectivity index (χ1) is 7.34. The Morgan fingerprint density at radius 2 is 2.00 bits per heavy atom. The quantitative estimate of drug-likeness (QED) is 0.508. The zero-order chi connectivity index (χ0) is 10.9. The third kappa shape index (κ3) is 4.68. The molecule has 0 saturated carbocycles. The predicted molar refractivity (Wildman–Crippen MR) is 59.7 cm³/mol. The molecule has 3 heteroatoms. The van der Waals surface area contributed by atoms with Gasteiger partial charge in [-0.1, -0.05) is 32.6 Å². The lowest BCUT2D eigenvalue weighted by atomic mass is 10.1. The maximum Gasteiger partial charge on any atom is 0.164 e. The summed E-state index contributed by atoms with van der Waals surface area (Å²) in [7, 11) is 0. The minimum absolute atomic E-state index is 0.182. The summed E-state index contributed by atoms with van der Waals surface area (Å²) in [5, 5.41) is 7.34. The summed E-state index contributed by atoms with van der Waals surface area (Å²) in [5.41, 5.74) is 0.681. The summed E-state index contributed by atoms with van der Waals surface area (Å²) < 4.78 is 0. The molecule has 0 atom stereocenters. The molecule has 0 saturated heterocycles. The normalized spacial score (nSPS) is 10.2. The van der Waals surface area contributed by atoms with Crippen LogP contribution in [0.3, 0.4) is 0 Å². The second-order valence-electron chi connectivity index (χ2n) is 3.72. The average Bonchev–Trinajstić information content (AvgIpc) is 2.30. The Kier molecular flexibility index (Phi) is 5.59. The highest BCUT2D eigenvalue weighted by Gasteiger charge is 2.04. The Hall–Kier alpha value is -1.25. The Morgan fingerprint density at radius 3 is 2.67 bits per heavy atom. The molecule has 0 unspecified atom stereocenters. The van der Waals surface area contributed by atoms with Crippen LogP contribution in [0.4, 0.5) is 0 Å². The van der Waals surface area contributed by atoms with Gasteiger partial charge >= 0.3 is 0 Å². The van der Waals surface area contributed by atoms with E-state index < -0.39 is 0 Å². The van der Waals surface area contributed by atoms with Gasteiger partial charge in [0, 0.05) is 12.0 Å². The van der Waals surface area contributed by atoms with Gasteiger partial charge in [0.15, 0.2) is 5.78 Å². The van der Waals surface area contributed by atoms with E-state index in [0.29, 0.717) is 12.0 Å². The molecule has 1 aromatic rings. The largest absolute Gasteiger partial charge is 0.294 e. The lowest BCUT2D eigenvalue weighted by Gasteiger charge is -2.00. The highest BCUT2D eigenvalue weighted by Crippen LogP contribution is 2.08. The van der Waals surface area contributed by atoms with E-state index in [1.54, 1.807) is 12.3 Å². The first-order valence-corrected chi connectivity index (χ1v) is 5.64. The molecular weight excluding hydrogens is 188 g/mol. The fraction of sp³-hybridized carbons (Fsp3) is 0.583. The van der Waals surface area contributed by atoms with Crippen molar-refractivity contribution in [1.82, 2.24) is 10.2 Å². The van der Waals surface area contributed by atoms with E-state index in [4.69, 9.17) is 0 Å². The van der Waals surface area contributed by atoms with Gasteiger partial charge in [0.05, 0.1) is 12.4 Å². The number of aromatic nitrogens is 2. The number of hydrogen-bond acceptors (Lipinski definition) is 3. The molecule has 0 fully saturated rings. The van der Waals surface area contributed by atoms with Crippen LogP contribution in [0.2, 0.25) is 0 Å². The molecule has 0 amide bonds. The minimum Gasteiger partial charge on any atom is -0.294 e. The second-order valence-corrected chi connectivity index (χ2v) is 3.72. The van der Waals surface area contributed by atoms with Gasteiger partial charge in [0.1, 0.15) is 0 Å². The van der Waals surface area contributed by atoms with Gasteiger partial charge in [-0.05, 0) is 12.5 Å². The molecule has 0 N–H and O–H groups in total. The standard InChI is InChI=1S/C12H18N2O/c1-2-3-4-5-6-7-12(15)11-8-9-13-14-10-11/h8-10H,2-7H2,1H3. The Morgan fingerprint density at radius 1 is 1.20 bits per heavy atom. The number of nitrogens with zero attached hydrogens (tertiary/aromatic N) is 2. The van der Waals surface area contributed by atoms with Crippen LogP contribution in [-0.4, -0.2) is 16.0 Å². The fourth-order valence-electron chi connectivity index (χ4n) is 1.49. The third-order valence-electron chi connectivity index (χ3n) is 2.41. The van der Waals surface area contributed by atoms with E-state index in [2.05, 4.69) is 17.1 Å². The van der Waals surface area contributed by atoms with E-state index in [9.17, 15) is 4.79 Å². The van der Waals surface area contributed by atoms with Crippen LogP contribution in [0.25, 0.3) is 0 Å². The average molecular weight is 206 g/mol. The van der Waals surface area contributed by atoms with Gasteiger partial charge in [-0.3, -0.25) is 4.79 Å². The summed E-state index contributed by atoms with van der Waals surface area (Å²) in [6.45, 7) is 2.19. The molecule has 0 radical (unpaired) electrons. The van der Waals surface area contributed by atoms with Crippen LogP contribution >= 0.6 is 0 Å². The Bertz CT molecular complexity index is 285. The lowest BCUT2D eigenvalue weighted by molar-refractivity contribution is 0.0978. The highest BCUT2D eigenvalue weighted by molar-refractivity contribution is 5.95. The van der Waals surface area contributed by atoms with Gasteiger partial charge in [-0.15, -0.1) is 0 Å². The number of Topliss-reactive ketones (excluding diaryl/α,β-unsaturated/α-hetero) is 1. The van der Waals surface area contributed by atoms with Crippen molar-refractivity contribution in [2.75, 3.05) is 0 Å². The molecule has 1 heterocycles. The van der Waals surface area contributed by atoms with Crippen LogP contribution in [0.5, 0.6) is 0 Å². The van der Waals surface area contributed by atoms with Crippen LogP contribution in [0.15, 0.2) is 18.5 Å². The van der Waals surface area contributed by atoms with Gasteiger partial charge in [-0.25, -0.2) is 0 Å². The zero-order valence-corrected chi connectivity index (χ0v) is 9.28. The van der Waals surface area contributed by atoms with E-state index in [1.807, 2.05) is 0 Å². The third-order valence-corrected chi connectivity index (χ3v) is 2.41. The van der Waals surface area contributed by atoms with Gasteiger partial charge in [0.25, 0.3) is 0 Å². The van der Waals surface area contributed by atoms with E-state index >= 15 is 0 Å². The summed E-state index contributed by atoms with van der Waals surface area (Å²) in [4.78, 5) is 11.6. The van der Waals surface area contributed by atoms with Crippen LogP contribution in [0, 0.1) is 0 Å². The van der Waals surface area contributed by atoms with Crippen molar-refractivity contribution in [3.05, 3.63) is 24.0 Å². The monoisotopic (exact) mass is 206 g/mol. The summed E-state index contributed by atoms with van der Waals surface area (Å²) in [6, 6.07) is 1.72. The molecule has 0 bridgehead atoms. The fourth-order valence-corrected chi connectivity index (χ4v) is 1.49. The molecule has 0 aliphatic carbocycles. The van der Waals surface area contributed by atoms with E-state index in [-0.39, 0.29) is 5.78 Å². The van der Waals surface area contributed by atoms with Crippen LogP contribution < -0.4 is 0 Å². The Labute approximate surface area is 90.9 Å². The summed E-state index contributed by atoms with van der Waals surface area (Å²) >= 11 is 0.